The molecule has 2 rings (SSSR count). The van der Waals surface area contributed by atoms with Crippen LogP contribution in [0.1, 0.15) is 42.1 Å². The minimum atomic E-state index is -3.66. The first-order chi connectivity index (χ1) is 11.2. The van der Waals surface area contributed by atoms with Crippen LogP contribution in [0.5, 0.6) is 0 Å². The van der Waals surface area contributed by atoms with Gasteiger partial charge < -0.3 is 10.5 Å². The van der Waals surface area contributed by atoms with Gasteiger partial charge in [0.25, 0.3) is 5.91 Å². The molecule has 1 aliphatic heterocycles. The number of piperidine rings is 1. The maximum atomic E-state index is 12.8. The lowest BCUT2D eigenvalue weighted by atomic mass is 10.1. The number of sulfonamides is 1. The average Bonchev–Trinajstić information content (AvgIpc) is 2.55. The van der Waals surface area contributed by atoms with Gasteiger partial charge in [-0.1, -0.05) is 12.5 Å². The molecule has 8 heteroatoms. The smallest absolute Gasteiger partial charge is 0.338 e. The Balaban J connectivity index is 2.31. The molecule has 0 bridgehead atoms. The Hall–Kier alpha value is -1.93. The van der Waals surface area contributed by atoms with Gasteiger partial charge >= 0.3 is 5.97 Å². The van der Waals surface area contributed by atoms with E-state index < -0.39 is 28.0 Å². The van der Waals surface area contributed by atoms with Crippen molar-refractivity contribution >= 4 is 21.9 Å². The van der Waals surface area contributed by atoms with Gasteiger partial charge in [0.2, 0.25) is 10.0 Å². The van der Waals surface area contributed by atoms with Crippen molar-refractivity contribution in [1.82, 2.24) is 4.31 Å². The molecule has 0 radical (unpaired) electrons. The molecule has 1 saturated heterocycles. The lowest BCUT2D eigenvalue weighted by Crippen LogP contribution is -2.36. The Bertz CT molecular complexity index is 739. The van der Waals surface area contributed by atoms with E-state index in [0.29, 0.717) is 18.7 Å². The van der Waals surface area contributed by atoms with E-state index in [9.17, 15) is 18.0 Å². The number of amides is 1. The molecule has 1 atom stereocenters. The van der Waals surface area contributed by atoms with Gasteiger partial charge in [-0.2, -0.15) is 4.31 Å². The SMILES string of the molecule is Cc1ccc(C(=O)O[C@@H](C)C(N)=O)cc1S(=O)(=O)N1CCCCC1. The van der Waals surface area contributed by atoms with Crippen LogP contribution in [0.25, 0.3) is 0 Å². The Morgan fingerprint density at radius 3 is 2.42 bits per heavy atom. The molecule has 1 aromatic carbocycles. The molecule has 0 saturated carbocycles. The summed E-state index contributed by atoms with van der Waals surface area (Å²) in [5.74, 6) is -1.55. The molecule has 0 aliphatic carbocycles. The molecule has 0 spiro atoms. The number of nitrogens with two attached hydrogens (primary N) is 1. The first-order valence-corrected chi connectivity index (χ1v) is 9.28. The normalized spacial score (nSPS) is 17.2. The number of hydrogen-bond acceptors (Lipinski definition) is 5. The van der Waals surface area contributed by atoms with Crippen molar-refractivity contribution in [1.29, 1.82) is 0 Å². The van der Waals surface area contributed by atoms with Crippen LogP contribution in [0.3, 0.4) is 0 Å². The Kier molecular flexibility index (Phi) is 5.61. The summed E-state index contributed by atoms with van der Waals surface area (Å²) in [6, 6.07) is 4.33. The van der Waals surface area contributed by atoms with Crippen molar-refractivity contribution in [3.8, 4) is 0 Å². The van der Waals surface area contributed by atoms with Gasteiger partial charge in [0.15, 0.2) is 6.10 Å². The molecular formula is C16H22N2O5S. The van der Waals surface area contributed by atoms with Gasteiger partial charge in [-0.3, -0.25) is 4.79 Å². The van der Waals surface area contributed by atoms with Crippen molar-refractivity contribution < 1.29 is 22.7 Å². The van der Waals surface area contributed by atoms with E-state index in [4.69, 9.17) is 10.5 Å². The molecule has 2 N–H and O–H groups in total. The van der Waals surface area contributed by atoms with Crippen molar-refractivity contribution in [2.24, 2.45) is 5.73 Å². The van der Waals surface area contributed by atoms with Crippen LogP contribution in [-0.4, -0.2) is 43.8 Å². The number of nitrogens with zero attached hydrogens (tertiary/aromatic N) is 1. The average molecular weight is 354 g/mol. The van der Waals surface area contributed by atoms with Crippen molar-refractivity contribution in [3.05, 3.63) is 29.3 Å². The van der Waals surface area contributed by atoms with E-state index >= 15 is 0 Å². The summed E-state index contributed by atoms with van der Waals surface area (Å²) in [6.07, 6.45) is 1.59. The molecular weight excluding hydrogens is 332 g/mol. The fraction of sp³-hybridized carbons (Fsp3) is 0.500. The fourth-order valence-electron chi connectivity index (χ4n) is 2.54. The zero-order valence-electron chi connectivity index (χ0n) is 13.8. The van der Waals surface area contributed by atoms with Gasteiger partial charge in [0, 0.05) is 13.1 Å². The van der Waals surface area contributed by atoms with Gasteiger partial charge in [0.1, 0.15) is 0 Å². The molecule has 1 heterocycles. The number of benzene rings is 1. The predicted molar refractivity (Wildman–Crippen MR) is 87.9 cm³/mol. The third-order valence-corrected chi connectivity index (χ3v) is 6.08. The summed E-state index contributed by atoms with van der Waals surface area (Å²) in [6.45, 7) is 4.00. The van der Waals surface area contributed by atoms with Gasteiger partial charge in [-0.05, 0) is 44.4 Å². The van der Waals surface area contributed by atoms with Crippen LogP contribution in [0.2, 0.25) is 0 Å². The molecule has 7 nitrogen and oxygen atoms in total. The number of primary amides is 1. The maximum absolute atomic E-state index is 12.8. The van der Waals surface area contributed by atoms with E-state index in [1.807, 2.05) is 0 Å². The van der Waals surface area contributed by atoms with Crippen molar-refractivity contribution in [2.45, 2.75) is 44.1 Å². The fourth-order valence-corrected chi connectivity index (χ4v) is 4.30. The number of esters is 1. The minimum absolute atomic E-state index is 0.0734. The van der Waals surface area contributed by atoms with Crippen LogP contribution in [0.4, 0.5) is 0 Å². The summed E-state index contributed by atoms with van der Waals surface area (Å²) in [5.41, 5.74) is 5.69. The lowest BCUT2D eigenvalue weighted by Gasteiger charge is -2.26. The number of ether oxygens (including phenoxy) is 1. The molecule has 132 valence electrons. The molecule has 24 heavy (non-hydrogen) atoms. The summed E-state index contributed by atoms with van der Waals surface area (Å²) >= 11 is 0. The Morgan fingerprint density at radius 1 is 1.21 bits per heavy atom. The topological polar surface area (TPSA) is 107 Å². The predicted octanol–water partition coefficient (Wildman–Crippen LogP) is 1.20. The highest BCUT2D eigenvalue weighted by molar-refractivity contribution is 7.89. The van der Waals surface area contributed by atoms with Gasteiger partial charge in [-0.25, -0.2) is 13.2 Å². The molecule has 1 fully saturated rings. The number of aryl methyl sites for hydroxylation is 1. The quantitative estimate of drug-likeness (QED) is 0.800. The highest BCUT2D eigenvalue weighted by atomic mass is 32.2. The third kappa shape index (κ3) is 3.93. The highest BCUT2D eigenvalue weighted by Crippen LogP contribution is 2.24. The van der Waals surface area contributed by atoms with E-state index in [2.05, 4.69) is 0 Å². The lowest BCUT2D eigenvalue weighted by molar-refractivity contribution is -0.125. The van der Waals surface area contributed by atoms with Crippen molar-refractivity contribution in [3.63, 3.8) is 0 Å². The van der Waals surface area contributed by atoms with Gasteiger partial charge in [0.05, 0.1) is 10.5 Å². The third-order valence-electron chi connectivity index (χ3n) is 4.04. The van der Waals surface area contributed by atoms with E-state index in [0.717, 1.165) is 19.3 Å². The van der Waals surface area contributed by atoms with Crippen molar-refractivity contribution in [2.75, 3.05) is 13.1 Å². The zero-order valence-corrected chi connectivity index (χ0v) is 14.6. The van der Waals surface area contributed by atoms with E-state index in [-0.39, 0.29) is 10.5 Å². The second-order valence-electron chi connectivity index (χ2n) is 5.89. The van der Waals surface area contributed by atoms with Crippen LogP contribution in [-0.2, 0) is 19.6 Å². The summed E-state index contributed by atoms with van der Waals surface area (Å²) in [5, 5.41) is 0. The highest BCUT2D eigenvalue weighted by Gasteiger charge is 2.28. The van der Waals surface area contributed by atoms with Crippen LogP contribution >= 0.6 is 0 Å². The Labute approximate surface area is 141 Å². The standard InChI is InChI=1S/C16H22N2O5S/c1-11-6-7-13(16(20)23-12(2)15(17)19)10-14(11)24(21,22)18-8-4-3-5-9-18/h6-7,10,12H,3-5,8-9H2,1-2H3,(H2,17,19)/t12-/m0/s1. The first-order valence-electron chi connectivity index (χ1n) is 7.84. The second kappa shape index (κ2) is 7.31. The molecule has 0 unspecified atom stereocenters. The monoisotopic (exact) mass is 354 g/mol. The first kappa shape index (κ1) is 18.4. The van der Waals surface area contributed by atoms with Crippen LogP contribution in [0.15, 0.2) is 23.1 Å². The molecule has 1 aliphatic rings. The van der Waals surface area contributed by atoms with Gasteiger partial charge in [-0.15, -0.1) is 0 Å². The number of carbonyl (C=O) groups excluding carboxylic acids is 2. The summed E-state index contributed by atoms with van der Waals surface area (Å²) in [7, 11) is -3.66. The Morgan fingerprint density at radius 2 is 1.83 bits per heavy atom. The molecule has 1 aromatic rings. The minimum Gasteiger partial charge on any atom is -0.449 e. The number of rotatable bonds is 5. The van der Waals surface area contributed by atoms with E-state index in [1.165, 1.54) is 23.4 Å². The molecule has 0 aromatic heterocycles. The summed E-state index contributed by atoms with van der Waals surface area (Å²) < 4.78 is 32.0. The maximum Gasteiger partial charge on any atom is 0.338 e. The largest absolute Gasteiger partial charge is 0.449 e. The van der Waals surface area contributed by atoms with Crippen LogP contribution in [0, 0.1) is 6.92 Å². The van der Waals surface area contributed by atoms with Crippen LogP contribution < -0.4 is 5.73 Å². The number of carbonyl (C=O) groups is 2. The summed E-state index contributed by atoms with van der Waals surface area (Å²) in [4.78, 5) is 23.2. The molecule has 1 amide bonds. The van der Waals surface area contributed by atoms with E-state index in [1.54, 1.807) is 13.0 Å². The number of hydrogen-bond donors (Lipinski definition) is 1. The second-order valence-corrected chi connectivity index (χ2v) is 7.80. The zero-order chi connectivity index (χ0) is 17.9.